The molecule has 1 aliphatic rings. The Morgan fingerprint density at radius 2 is 1.81 bits per heavy atom. The molecular weight excluding hydrogens is 233 g/mol. The zero-order valence-electron chi connectivity index (χ0n) is 9.36. The van der Waals surface area contributed by atoms with Crippen molar-refractivity contribution in [2.24, 2.45) is 0 Å². The molecule has 0 saturated heterocycles. The molecule has 0 amide bonds. The molecule has 1 fully saturated rings. The van der Waals surface area contributed by atoms with Crippen LogP contribution in [0.5, 0.6) is 0 Å². The lowest BCUT2D eigenvalue weighted by Crippen LogP contribution is -2.36. The van der Waals surface area contributed by atoms with Gasteiger partial charge in [-0.25, -0.2) is 4.39 Å². The van der Waals surface area contributed by atoms with Crippen molar-refractivity contribution in [2.75, 3.05) is 12.3 Å². The van der Waals surface area contributed by atoms with E-state index in [0.29, 0.717) is 6.04 Å². The zero-order chi connectivity index (χ0) is 12.0. The van der Waals surface area contributed by atoms with Crippen LogP contribution in [0.2, 0.25) is 0 Å². The second kappa shape index (κ2) is 6.51. The van der Waals surface area contributed by atoms with E-state index in [1.165, 1.54) is 12.8 Å². The number of halogens is 1. The van der Waals surface area contributed by atoms with Crippen molar-refractivity contribution < 1.29 is 17.4 Å². The Hall–Kier alpha value is -0.200. The van der Waals surface area contributed by atoms with Gasteiger partial charge in [0.1, 0.15) is 11.9 Å². The first-order valence-corrected chi connectivity index (χ1v) is 7.41. The molecule has 16 heavy (non-hydrogen) atoms. The second-order valence-electron chi connectivity index (χ2n) is 4.44. The summed E-state index contributed by atoms with van der Waals surface area (Å²) < 4.78 is 42.5. The summed E-state index contributed by atoms with van der Waals surface area (Å²) in [5.41, 5.74) is 0. The minimum Gasteiger partial charge on any atom is -0.311 e. The Morgan fingerprint density at radius 3 is 2.31 bits per heavy atom. The number of hydrogen-bond donors (Lipinski definition) is 2. The lowest BCUT2D eigenvalue weighted by atomic mass is 10.1. The normalized spacial score (nSPS) is 21.6. The highest BCUT2D eigenvalue weighted by atomic mass is 32.2. The maximum absolute atomic E-state index is 13.2. The molecule has 1 rings (SSSR count). The van der Waals surface area contributed by atoms with E-state index in [4.69, 9.17) is 4.55 Å². The molecule has 2 N–H and O–H groups in total. The molecule has 0 spiro atoms. The molecule has 4 nitrogen and oxygen atoms in total. The van der Waals surface area contributed by atoms with Crippen molar-refractivity contribution in [3.05, 3.63) is 0 Å². The van der Waals surface area contributed by atoms with Crippen LogP contribution < -0.4 is 5.32 Å². The largest absolute Gasteiger partial charge is 0.311 e. The van der Waals surface area contributed by atoms with Gasteiger partial charge in [-0.2, -0.15) is 8.42 Å². The Labute approximate surface area is 96.4 Å². The van der Waals surface area contributed by atoms with E-state index in [1.807, 2.05) is 0 Å². The quantitative estimate of drug-likeness (QED) is 0.576. The average molecular weight is 253 g/mol. The Bertz CT molecular complexity index is 286. The third-order valence-corrected chi connectivity index (χ3v) is 3.66. The first kappa shape index (κ1) is 13.9. The molecule has 0 aromatic rings. The third-order valence-electron chi connectivity index (χ3n) is 2.87. The van der Waals surface area contributed by atoms with Crippen LogP contribution >= 0.6 is 0 Å². The van der Waals surface area contributed by atoms with Gasteiger partial charge in [0.05, 0.1) is 0 Å². The van der Waals surface area contributed by atoms with Crippen molar-refractivity contribution in [3.63, 3.8) is 0 Å². The van der Waals surface area contributed by atoms with Crippen molar-refractivity contribution >= 4 is 10.1 Å². The van der Waals surface area contributed by atoms with Gasteiger partial charge in [-0.3, -0.25) is 4.55 Å². The molecule has 0 aromatic heterocycles. The van der Waals surface area contributed by atoms with Gasteiger partial charge < -0.3 is 5.32 Å². The van der Waals surface area contributed by atoms with E-state index in [9.17, 15) is 12.8 Å². The van der Waals surface area contributed by atoms with Crippen LogP contribution in [0.1, 0.15) is 38.5 Å². The lowest BCUT2D eigenvalue weighted by Gasteiger charge is -2.17. The molecule has 1 atom stereocenters. The molecule has 0 aromatic carbocycles. The van der Waals surface area contributed by atoms with Crippen LogP contribution in [0.4, 0.5) is 4.39 Å². The van der Waals surface area contributed by atoms with Crippen molar-refractivity contribution in [3.8, 4) is 0 Å². The third kappa shape index (κ3) is 6.40. The van der Waals surface area contributed by atoms with Gasteiger partial charge in [-0.15, -0.1) is 0 Å². The first-order valence-electron chi connectivity index (χ1n) is 5.80. The van der Waals surface area contributed by atoms with Gasteiger partial charge in [0.2, 0.25) is 0 Å². The summed E-state index contributed by atoms with van der Waals surface area (Å²) in [6, 6.07) is 0.294. The average Bonchev–Trinajstić information content (AvgIpc) is 2.39. The van der Waals surface area contributed by atoms with Crippen LogP contribution in [0.15, 0.2) is 0 Å². The monoisotopic (exact) mass is 253 g/mol. The molecule has 96 valence electrons. The minimum absolute atomic E-state index is 0.00442. The number of rotatable bonds is 5. The topological polar surface area (TPSA) is 66.4 Å². The Balaban J connectivity index is 2.22. The van der Waals surface area contributed by atoms with Crippen molar-refractivity contribution in [1.82, 2.24) is 5.32 Å². The minimum atomic E-state index is -4.20. The SMILES string of the molecule is O=S(=O)(O)CC(F)CNC1CCCCCC1. The molecule has 0 aliphatic heterocycles. The van der Waals surface area contributed by atoms with E-state index in [1.54, 1.807) is 0 Å². The van der Waals surface area contributed by atoms with Crippen molar-refractivity contribution in [1.29, 1.82) is 0 Å². The van der Waals surface area contributed by atoms with E-state index in [-0.39, 0.29) is 6.54 Å². The maximum Gasteiger partial charge on any atom is 0.267 e. The smallest absolute Gasteiger partial charge is 0.267 e. The predicted octanol–water partition coefficient (Wildman–Crippen LogP) is 1.52. The predicted molar refractivity (Wildman–Crippen MR) is 60.8 cm³/mol. The van der Waals surface area contributed by atoms with Gasteiger partial charge >= 0.3 is 0 Å². The fraction of sp³-hybridized carbons (Fsp3) is 1.00. The summed E-state index contributed by atoms with van der Waals surface area (Å²) in [6.07, 6.45) is 5.26. The van der Waals surface area contributed by atoms with Crippen molar-refractivity contribution in [2.45, 2.75) is 50.7 Å². The van der Waals surface area contributed by atoms with E-state index >= 15 is 0 Å². The highest BCUT2D eigenvalue weighted by Gasteiger charge is 2.18. The van der Waals surface area contributed by atoms with Crippen LogP contribution in [0.25, 0.3) is 0 Å². The summed E-state index contributed by atoms with van der Waals surface area (Å²) in [6.45, 7) is 0.00442. The fourth-order valence-corrected chi connectivity index (χ4v) is 2.64. The van der Waals surface area contributed by atoms with Crippen LogP contribution in [0.3, 0.4) is 0 Å². The van der Waals surface area contributed by atoms with Crippen LogP contribution in [0, 0.1) is 0 Å². The molecule has 1 aliphatic carbocycles. The fourth-order valence-electron chi connectivity index (χ4n) is 2.07. The molecular formula is C10H20FNO3S. The summed E-state index contributed by atoms with van der Waals surface area (Å²) in [4.78, 5) is 0. The van der Waals surface area contributed by atoms with E-state index < -0.39 is 22.0 Å². The molecule has 1 unspecified atom stereocenters. The number of hydrogen-bond acceptors (Lipinski definition) is 3. The Kier molecular flexibility index (Phi) is 5.64. The number of nitrogens with one attached hydrogen (secondary N) is 1. The highest BCUT2D eigenvalue weighted by Crippen LogP contribution is 2.17. The Morgan fingerprint density at radius 1 is 1.25 bits per heavy atom. The molecule has 6 heteroatoms. The zero-order valence-corrected chi connectivity index (χ0v) is 10.2. The summed E-state index contributed by atoms with van der Waals surface area (Å²) >= 11 is 0. The van der Waals surface area contributed by atoms with Crippen LogP contribution in [-0.4, -0.2) is 37.5 Å². The standard InChI is InChI=1S/C10H20FNO3S/c11-9(8-16(13,14)15)7-12-10-5-3-1-2-4-6-10/h9-10,12H,1-8H2,(H,13,14,15). The van der Waals surface area contributed by atoms with Gasteiger partial charge in [0, 0.05) is 12.6 Å². The maximum atomic E-state index is 13.2. The molecule has 0 radical (unpaired) electrons. The van der Waals surface area contributed by atoms with Gasteiger partial charge in [-0.05, 0) is 12.8 Å². The first-order chi connectivity index (χ1) is 7.47. The van der Waals surface area contributed by atoms with Crippen LogP contribution in [-0.2, 0) is 10.1 Å². The van der Waals surface area contributed by atoms with Gasteiger partial charge in [0.25, 0.3) is 10.1 Å². The highest BCUT2D eigenvalue weighted by molar-refractivity contribution is 7.85. The summed E-state index contributed by atoms with van der Waals surface area (Å²) in [5, 5.41) is 3.03. The molecule has 1 saturated carbocycles. The molecule has 0 heterocycles. The summed E-state index contributed by atoms with van der Waals surface area (Å²) in [7, 11) is -4.20. The van der Waals surface area contributed by atoms with Gasteiger partial charge in [-0.1, -0.05) is 25.7 Å². The van der Waals surface area contributed by atoms with Gasteiger partial charge in [0.15, 0.2) is 0 Å². The lowest BCUT2D eigenvalue weighted by molar-refractivity contribution is 0.315. The number of alkyl halides is 1. The second-order valence-corrected chi connectivity index (χ2v) is 5.94. The van der Waals surface area contributed by atoms with E-state index in [2.05, 4.69) is 5.32 Å². The molecule has 0 bridgehead atoms. The summed E-state index contributed by atoms with van der Waals surface area (Å²) in [5.74, 6) is -0.813. The van der Waals surface area contributed by atoms with E-state index in [0.717, 1.165) is 25.7 Å².